The Morgan fingerprint density at radius 1 is 0.485 bits per heavy atom. The van der Waals surface area contributed by atoms with Crippen LogP contribution in [0.4, 0.5) is 0 Å². The van der Waals surface area contributed by atoms with Gasteiger partial charge in [-0.25, -0.2) is 4.98 Å². The molecule has 6 heteroatoms. The van der Waals surface area contributed by atoms with Crippen molar-refractivity contribution in [2.24, 2.45) is 0 Å². The van der Waals surface area contributed by atoms with E-state index >= 15 is 0 Å². The molecule has 3 aromatic heterocycles. The number of aromatic nitrogens is 4. The van der Waals surface area contributed by atoms with Gasteiger partial charge in [-0.1, -0.05) is 174 Å². The average molecular weight is 1050 g/mol. The van der Waals surface area contributed by atoms with Crippen LogP contribution < -0.4 is 4.74 Å². The Labute approximate surface area is 406 Å². The van der Waals surface area contributed by atoms with Crippen LogP contribution in [0.25, 0.3) is 66.7 Å². The van der Waals surface area contributed by atoms with Gasteiger partial charge in [0.2, 0.25) is 0 Å². The van der Waals surface area contributed by atoms with E-state index in [1.54, 1.807) is 0 Å². The molecule has 0 aliphatic heterocycles. The standard InChI is InChI=1S/C60H60N4O.Pt/c1-57(2,3)44-21-16-20-41(28-44)51-35-56(61-37-53(51)60(10,11)12)64-54-27-24-40(39-18-14-13-15-19-39)31-52(54)50-26-25-49(34-55(50)64)65-48-23-17-22-47(33-48)63-38-43(36-62-63)42-29-45(58(4,5)6)32-46(30-42)59(7,8)9;/h13-32,35-38H,1-12H3;/q-2;+2. The summed E-state index contributed by atoms with van der Waals surface area (Å²) in [5.74, 6) is 1.97. The van der Waals surface area contributed by atoms with E-state index in [0.717, 1.165) is 50.0 Å². The summed E-state index contributed by atoms with van der Waals surface area (Å²) in [5, 5.41) is 7.00. The minimum atomic E-state index is -0.132. The van der Waals surface area contributed by atoms with Gasteiger partial charge < -0.3 is 9.30 Å². The van der Waals surface area contributed by atoms with Gasteiger partial charge in [-0.3, -0.25) is 4.68 Å². The third-order valence-electron chi connectivity index (χ3n) is 12.5. The van der Waals surface area contributed by atoms with Gasteiger partial charge in [-0.2, -0.15) is 17.2 Å². The average Bonchev–Trinajstić information content (AvgIpc) is 3.89. The first-order valence-electron chi connectivity index (χ1n) is 22.8. The first-order valence-corrected chi connectivity index (χ1v) is 22.8. The fraction of sp³-hybridized carbons (Fsp3) is 0.267. The van der Waals surface area contributed by atoms with Crippen LogP contribution in [0.3, 0.4) is 0 Å². The zero-order valence-electron chi connectivity index (χ0n) is 40.4. The van der Waals surface area contributed by atoms with E-state index in [-0.39, 0.29) is 42.7 Å². The number of ether oxygens (including phenoxy) is 1. The molecule has 0 spiro atoms. The molecule has 0 aliphatic rings. The second kappa shape index (κ2) is 17.3. The van der Waals surface area contributed by atoms with Crippen molar-refractivity contribution in [3.8, 4) is 56.4 Å². The van der Waals surface area contributed by atoms with Crippen LogP contribution in [0, 0.1) is 12.1 Å². The van der Waals surface area contributed by atoms with E-state index < -0.39 is 0 Å². The molecule has 5 nitrogen and oxygen atoms in total. The second-order valence-electron chi connectivity index (χ2n) is 21.7. The number of benzene rings is 6. The Morgan fingerprint density at radius 2 is 1.14 bits per heavy atom. The van der Waals surface area contributed by atoms with Crippen molar-refractivity contribution < 1.29 is 25.8 Å². The number of fused-ring (bicyclic) bond motifs is 3. The van der Waals surface area contributed by atoms with Crippen molar-refractivity contribution in [2.45, 2.75) is 105 Å². The Hall–Kier alpha value is -6.03. The zero-order valence-corrected chi connectivity index (χ0v) is 42.6. The van der Waals surface area contributed by atoms with Gasteiger partial charge in [-0.05, 0) is 94.9 Å². The van der Waals surface area contributed by atoms with Gasteiger partial charge in [-0.15, -0.1) is 35.7 Å². The molecule has 0 radical (unpaired) electrons. The van der Waals surface area contributed by atoms with Crippen molar-refractivity contribution >= 4 is 21.8 Å². The van der Waals surface area contributed by atoms with Crippen LogP contribution in [0.1, 0.15) is 105 Å². The molecule has 6 aromatic carbocycles. The summed E-state index contributed by atoms with van der Waals surface area (Å²) in [4.78, 5) is 5.23. The molecule has 66 heavy (non-hydrogen) atoms. The molecule has 0 atom stereocenters. The predicted octanol–water partition coefficient (Wildman–Crippen LogP) is 15.9. The van der Waals surface area contributed by atoms with E-state index in [4.69, 9.17) is 14.8 Å². The number of hydrogen-bond acceptors (Lipinski definition) is 3. The molecule has 0 bridgehead atoms. The fourth-order valence-electron chi connectivity index (χ4n) is 8.60. The summed E-state index contributed by atoms with van der Waals surface area (Å²) >= 11 is 0. The number of pyridine rings is 1. The summed E-state index contributed by atoms with van der Waals surface area (Å²) < 4.78 is 10.8. The maximum Gasteiger partial charge on any atom is 2.00 e. The predicted molar refractivity (Wildman–Crippen MR) is 271 cm³/mol. The molecule has 0 aliphatic carbocycles. The second-order valence-corrected chi connectivity index (χ2v) is 21.7. The van der Waals surface area contributed by atoms with Gasteiger partial charge in [0.15, 0.2) is 0 Å². The molecule has 9 aromatic rings. The largest absolute Gasteiger partial charge is 2.00 e. The molecule has 0 amide bonds. The van der Waals surface area contributed by atoms with Crippen LogP contribution in [0.5, 0.6) is 11.5 Å². The molecule has 3 heterocycles. The third kappa shape index (κ3) is 9.33. The Bertz CT molecular complexity index is 3190. The van der Waals surface area contributed by atoms with Crippen LogP contribution >= 0.6 is 0 Å². The van der Waals surface area contributed by atoms with Crippen LogP contribution in [-0.2, 0) is 42.7 Å². The number of rotatable bonds is 7. The maximum absolute atomic E-state index is 6.64. The van der Waals surface area contributed by atoms with E-state index in [0.29, 0.717) is 11.5 Å². The van der Waals surface area contributed by atoms with E-state index in [1.165, 1.54) is 38.9 Å². The molecule has 0 N–H and O–H groups in total. The summed E-state index contributed by atoms with van der Waals surface area (Å²) in [5.41, 5.74) is 14.6. The molecular weight excluding hydrogens is 988 g/mol. The topological polar surface area (TPSA) is 44.9 Å². The molecule has 0 unspecified atom stereocenters. The van der Waals surface area contributed by atoms with E-state index in [2.05, 4.69) is 215 Å². The first kappa shape index (κ1) is 46.5. The maximum atomic E-state index is 6.64. The molecule has 0 saturated carbocycles. The van der Waals surface area contributed by atoms with Gasteiger partial charge in [0.05, 0.1) is 6.20 Å². The normalized spacial score (nSPS) is 12.4. The van der Waals surface area contributed by atoms with Crippen molar-refractivity contribution in [1.29, 1.82) is 0 Å². The SMILES string of the molecule is CC(C)(C)c1cccc(-c2cc(-n3c4[c-]c(Oc5[c-]c(-n6cc(-c7cc(C(C)(C)C)cc(C(C)(C)C)c7)cn6)ccc5)ccc4c4cc(-c5ccccc5)ccc43)ncc2C(C)(C)C)c1.[Pt+2]. The minimum Gasteiger partial charge on any atom is -0.509 e. The van der Waals surface area contributed by atoms with Gasteiger partial charge in [0.1, 0.15) is 5.82 Å². The van der Waals surface area contributed by atoms with Gasteiger partial charge >= 0.3 is 21.1 Å². The van der Waals surface area contributed by atoms with Crippen LogP contribution in [0.2, 0.25) is 0 Å². The first-order chi connectivity index (χ1) is 30.7. The van der Waals surface area contributed by atoms with Crippen LogP contribution in [-0.4, -0.2) is 19.3 Å². The number of nitrogens with zero attached hydrogens (tertiary/aromatic N) is 4. The molecule has 0 saturated heterocycles. The van der Waals surface area contributed by atoms with Crippen molar-refractivity contribution in [1.82, 2.24) is 19.3 Å². The summed E-state index contributed by atoms with van der Waals surface area (Å²) in [6.07, 6.45) is 6.08. The zero-order chi connectivity index (χ0) is 46.1. The Morgan fingerprint density at radius 3 is 1.82 bits per heavy atom. The molecule has 0 fully saturated rings. The Kier molecular flexibility index (Phi) is 12.2. The fourth-order valence-corrected chi connectivity index (χ4v) is 8.60. The summed E-state index contributed by atoms with van der Waals surface area (Å²) in [6, 6.07) is 52.7. The molecule has 336 valence electrons. The van der Waals surface area contributed by atoms with Crippen molar-refractivity contribution in [3.05, 3.63) is 180 Å². The molecule has 9 rings (SSSR count). The summed E-state index contributed by atoms with van der Waals surface area (Å²) in [7, 11) is 0. The monoisotopic (exact) mass is 1050 g/mol. The molecular formula is C60H60N4OPt. The van der Waals surface area contributed by atoms with E-state index in [9.17, 15) is 0 Å². The van der Waals surface area contributed by atoms with E-state index in [1.807, 2.05) is 35.1 Å². The van der Waals surface area contributed by atoms with Gasteiger partial charge in [0, 0.05) is 35.0 Å². The number of hydrogen-bond donors (Lipinski definition) is 0. The quantitative estimate of drug-likeness (QED) is 0.149. The minimum absolute atomic E-state index is 0. The van der Waals surface area contributed by atoms with Crippen molar-refractivity contribution in [3.63, 3.8) is 0 Å². The van der Waals surface area contributed by atoms with Crippen LogP contribution in [0.15, 0.2) is 146 Å². The van der Waals surface area contributed by atoms with Crippen molar-refractivity contribution in [2.75, 3.05) is 0 Å². The van der Waals surface area contributed by atoms with Gasteiger partial charge in [0.25, 0.3) is 0 Å². The Balaban J connectivity index is 0.00000592. The third-order valence-corrected chi connectivity index (χ3v) is 12.5. The summed E-state index contributed by atoms with van der Waals surface area (Å²) in [6.45, 7) is 27.2. The smallest absolute Gasteiger partial charge is 0.509 e.